The van der Waals surface area contributed by atoms with E-state index in [1.165, 1.54) is 0 Å². The molecule has 13 heavy (non-hydrogen) atoms. The average Bonchev–Trinajstić information content (AvgIpc) is 2.09. The van der Waals surface area contributed by atoms with Gasteiger partial charge in [0.1, 0.15) is 5.82 Å². The summed E-state index contributed by atoms with van der Waals surface area (Å²) in [5, 5.41) is 11.1. The van der Waals surface area contributed by atoms with Crippen molar-refractivity contribution in [3.05, 3.63) is 17.3 Å². The van der Waals surface area contributed by atoms with Crippen LogP contribution in [0.3, 0.4) is 0 Å². The van der Waals surface area contributed by atoms with E-state index in [9.17, 15) is 0 Å². The molecule has 1 heterocycles. The Morgan fingerprint density at radius 1 is 1.54 bits per heavy atom. The molecular formula is C8H12ClN3O. The molecule has 0 radical (unpaired) electrons. The summed E-state index contributed by atoms with van der Waals surface area (Å²) in [7, 11) is 1.66. The van der Waals surface area contributed by atoms with Crippen molar-refractivity contribution in [2.24, 2.45) is 0 Å². The summed E-state index contributed by atoms with van der Waals surface area (Å²) in [5.41, 5.74) is 0. The van der Waals surface area contributed by atoms with E-state index in [-0.39, 0.29) is 6.04 Å². The predicted molar refractivity (Wildman–Crippen MR) is 52.0 cm³/mol. The molecule has 1 rings (SSSR count). The number of hydrogen-bond donors (Lipinski definition) is 1. The van der Waals surface area contributed by atoms with Crippen LogP contribution >= 0.6 is 11.6 Å². The van der Waals surface area contributed by atoms with Crippen molar-refractivity contribution < 1.29 is 4.74 Å². The van der Waals surface area contributed by atoms with Gasteiger partial charge in [-0.2, -0.15) is 0 Å². The Kier molecular flexibility index (Phi) is 3.92. The van der Waals surface area contributed by atoms with Crippen molar-refractivity contribution in [2.45, 2.75) is 13.0 Å². The highest BCUT2D eigenvalue weighted by atomic mass is 35.5. The zero-order valence-electron chi connectivity index (χ0n) is 7.62. The Morgan fingerprint density at radius 3 is 2.85 bits per heavy atom. The molecule has 0 spiro atoms. The van der Waals surface area contributed by atoms with Gasteiger partial charge in [0, 0.05) is 13.2 Å². The van der Waals surface area contributed by atoms with E-state index in [0.717, 1.165) is 0 Å². The lowest BCUT2D eigenvalue weighted by atomic mass is 10.3. The quantitative estimate of drug-likeness (QED) is 0.804. The highest BCUT2D eigenvalue weighted by molar-refractivity contribution is 6.29. The number of nitrogens with one attached hydrogen (secondary N) is 1. The van der Waals surface area contributed by atoms with Crippen LogP contribution in [0, 0.1) is 0 Å². The van der Waals surface area contributed by atoms with Crippen molar-refractivity contribution in [1.82, 2.24) is 10.2 Å². The molecule has 1 aromatic heterocycles. The summed E-state index contributed by atoms with van der Waals surface area (Å²) in [6, 6.07) is 3.68. The van der Waals surface area contributed by atoms with Gasteiger partial charge in [-0.3, -0.25) is 0 Å². The molecule has 1 atom stereocenters. The van der Waals surface area contributed by atoms with Gasteiger partial charge in [0.2, 0.25) is 0 Å². The molecule has 1 N–H and O–H groups in total. The minimum absolute atomic E-state index is 0.209. The molecule has 0 saturated carbocycles. The monoisotopic (exact) mass is 201 g/mol. The number of rotatable bonds is 4. The molecule has 0 aliphatic carbocycles. The third-order valence-electron chi connectivity index (χ3n) is 1.44. The van der Waals surface area contributed by atoms with Crippen LogP contribution in [-0.4, -0.2) is 30.0 Å². The van der Waals surface area contributed by atoms with Crippen molar-refractivity contribution in [3.63, 3.8) is 0 Å². The van der Waals surface area contributed by atoms with Crippen LogP contribution < -0.4 is 5.32 Å². The van der Waals surface area contributed by atoms with Crippen LogP contribution in [0.5, 0.6) is 0 Å². The third-order valence-corrected chi connectivity index (χ3v) is 1.64. The molecule has 4 nitrogen and oxygen atoms in total. The molecule has 0 aliphatic rings. The summed E-state index contributed by atoms with van der Waals surface area (Å²) in [6.45, 7) is 2.63. The van der Waals surface area contributed by atoms with Gasteiger partial charge in [-0.1, -0.05) is 11.6 Å². The maximum absolute atomic E-state index is 5.58. The second-order valence-corrected chi connectivity index (χ2v) is 3.13. The Bertz CT molecular complexity index is 252. The molecular weight excluding hydrogens is 190 g/mol. The third kappa shape index (κ3) is 3.57. The second-order valence-electron chi connectivity index (χ2n) is 2.74. The number of hydrogen-bond acceptors (Lipinski definition) is 4. The van der Waals surface area contributed by atoms with E-state index in [1.807, 2.05) is 6.92 Å². The predicted octanol–water partition coefficient (Wildman–Crippen LogP) is 1.58. The molecule has 0 amide bonds. The van der Waals surface area contributed by atoms with Gasteiger partial charge in [0.25, 0.3) is 0 Å². The van der Waals surface area contributed by atoms with Crippen molar-refractivity contribution in [2.75, 3.05) is 19.0 Å². The van der Waals surface area contributed by atoms with Gasteiger partial charge in [-0.15, -0.1) is 10.2 Å². The van der Waals surface area contributed by atoms with E-state index >= 15 is 0 Å². The van der Waals surface area contributed by atoms with Gasteiger partial charge >= 0.3 is 0 Å². The van der Waals surface area contributed by atoms with Crippen LogP contribution in [0.1, 0.15) is 6.92 Å². The Labute approximate surface area is 82.3 Å². The summed E-state index contributed by atoms with van der Waals surface area (Å²) in [5.74, 6) is 0.703. The van der Waals surface area contributed by atoms with E-state index in [0.29, 0.717) is 17.6 Å². The zero-order chi connectivity index (χ0) is 9.68. The number of methoxy groups -OCH3 is 1. The topological polar surface area (TPSA) is 47.0 Å². The minimum Gasteiger partial charge on any atom is -0.383 e. The van der Waals surface area contributed by atoms with Gasteiger partial charge in [-0.05, 0) is 19.1 Å². The van der Waals surface area contributed by atoms with Gasteiger partial charge in [-0.25, -0.2) is 0 Å². The first-order chi connectivity index (χ1) is 6.22. The summed E-state index contributed by atoms with van der Waals surface area (Å²) in [6.07, 6.45) is 0. The molecule has 0 saturated heterocycles. The van der Waals surface area contributed by atoms with Crippen LogP contribution in [0.4, 0.5) is 5.82 Å². The van der Waals surface area contributed by atoms with E-state index in [1.54, 1.807) is 19.2 Å². The molecule has 0 bridgehead atoms. The van der Waals surface area contributed by atoms with Gasteiger partial charge in [0.15, 0.2) is 5.15 Å². The van der Waals surface area contributed by atoms with E-state index in [2.05, 4.69) is 15.5 Å². The number of anilines is 1. The lowest BCUT2D eigenvalue weighted by Crippen LogP contribution is -2.21. The number of nitrogens with zero attached hydrogens (tertiary/aromatic N) is 2. The first kappa shape index (κ1) is 10.2. The smallest absolute Gasteiger partial charge is 0.151 e. The highest BCUT2D eigenvalue weighted by Crippen LogP contribution is 2.06. The molecule has 0 fully saturated rings. The largest absolute Gasteiger partial charge is 0.383 e. The molecule has 72 valence electrons. The maximum atomic E-state index is 5.58. The van der Waals surface area contributed by atoms with E-state index in [4.69, 9.17) is 16.3 Å². The number of aromatic nitrogens is 2. The molecule has 1 aromatic rings. The van der Waals surface area contributed by atoms with Crippen molar-refractivity contribution in [3.8, 4) is 0 Å². The summed E-state index contributed by atoms with van der Waals surface area (Å²) in [4.78, 5) is 0. The normalized spacial score (nSPS) is 12.5. The Morgan fingerprint density at radius 2 is 2.31 bits per heavy atom. The molecule has 0 unspecified atom stereocenters. The van der Waals surface area contributed by atoms with Crippen molar-refractivity contribution >= 4 is 17.4 Å². The zero-order valence-corrected chi connectivity index (χ0v) is 8.38. The fraction of sp³-hybridized carbons (Fsp3) is 0.500. The summed E-state index contributed by atoms with van der Waals surface area (Å²) >= 11 is 5.58. The lowest BCUT2D eigenvalue weighted by molar-refractivity contribution is 0.190. The SMILES string of the molecule is COC[C@@H](C)Nc1ccc(Cl)nn1. The van der Waals surface area contributed by atoms with Crippen LogP contribution in [-0.2, 0) is 4.74 Å². The minimum atomic E-state index is 0.209. The highest BCUT2D eigenvalue weighted by Gasteiger charge is 2.01. The van der Waals surface area contributed by atoms with Crippen LogP contribution in [0.2, 0.25) is 5.15 Å². The maximum Gasteiger partial charge on any atom is 0.151 e. The van der Waals surface area contributed by atoms with Crippen LogP contribution in [0.25, 0.3) is 0 Å². The Hall–Kier alpha value is -0.870. The van der Waals surface area contributed by atoms with E-state index < -0.39 is 0 Å². The fourth-order valence-corrected chi connectivity index (χ4v) is 1.04. The number of halogens is 1. The first-order valence-corrected chi connectivity index (χ1v) is 4.35. The first-order valence-electron chi connectivity index (χ1n) is 3.97. The van der Waals surface area contributed by atoms with Crippen LogP contribution in [0.15, 0.2) is 12.1 Å². The molecule has 0 aromatic carbocycles. The molecule has 0 aliphatic heterocycles. The lowest BCUT2D eigenvalue weighted by Gasteiger charge is -2.12. The standard InChI is InChI=1S/C8H12ClN3O/c1-6(5-13-2)10-8-4-3-7(9)11-12-8/h3-4,6H,5H2,1-2H3,(H,10,12)/t6-/m1/s1. The summed E-state index contributed by atoms with van der Waals surface area (Å²) < 4.78 is 4.96. The second kappa shape index (κ2) is 4.99. The fourth-order valence-electron chi connectivity index (χ4n) is 0.937. The van der Waals surface area contributed by atoms with Gasteiger partial charge in [0.05, 0.1) is 6.61 Å². The van der Waals surface area contributed by atoms with Crippen molar-refractivity contribution in [1.29, 1.82) is 0 Å². The average molecular weight is 202 g/mol. The van der Waals surface area contributed by atoms with Gasteiger partial charge < -0.3 is 10.1 Å². The number of ether oxygens (including phenoxy) is 1. The Balaban J connectivity index is 2.49. The molecule has 5 heteroatoms.